The molecule has 0 saturated carbocycles. The lowest BCUT2D eigenvalue weighted by molar-refractivity contribution is -0.118. The van der Waals surface area contributed by atoms with Crippen molar-refractivity contribution in [2.24, 2.45) is 0 Å². The Kier molecular flexibility index (Phi) is 4.46. The van der Waals surface area contributed by atoms with E-state index in [9.17, 15) is 4.79 Å². The average molecular weight is 184 g/mol. The fourth-order valence-electron chi connectivity index (χ4n) is 0.870. The van der Waals surface area contributed by atoms with E-state index in [1.54, 1.807) is 0 Å². The van der Waals surface area contributed by atoms with Crippen LogP contribution in [-0.2, 0) is 4.79 Å². The summed E-state index contributed by atoms with van der Waals surface area (Å²) >= 11 is 0. The molecule has 12 heavy (non-hydrogen) atoms. The summed E-state index contributed by atoms with van der Waals surface area (Å²) < 4.78 is 0. The summed E-state index contributed by atoms with van der Waals surface area (Å²) in [6.07, 6.45) is 2.28. The van der Waals surface area contributed by atoms with E-state index in [0.29, 0.717) is 18.6 Å². The van der Waals surface area contributed by atoms with Gasteiger partial charge in [-0.3, -0.25) is 4.79 Å². The molecule has 0 radical (unpaired) electrons. The zero-order chi connectivity index (χ0) is 9.78. The molecule has 0 N–H and O–H groups in total. The third kappa shape index (κ3) is 4.49. The molecule has 2 heteroatoms. The van der Waals surface area contributed by atoms with E-state index in [1.165, 1.54) is 5.20 Å². The van der Waals surface area contributed by atoms with Gasteiger partial charge in [-0.1, -0.05) is 31.8 Å². The maximum Gasteiger partial charge on any atom is 0.136 e. The van der Waals surface area contributed by atoms with Crippen LogP contribution in [-0.4, -0.2) is 13.9 Å². The topological polar surface area (TPSA) is 17.1 Å². The van der Waals surface area contributed by atoms with Crippen LogP contribution in [0.25, 0.3) is 0 Å². The molecule has 0 aliphatic heterocycles. The van der Waals surface area contributed by atoms with Gasteiger partial charge < -0.3 is 0 Å². The molecule has 0 spiro atoms. The second-order valence-corrected chi connectivity index (χ2v) is 9.53. The molecule has 0 aromatic heterocycles. The van der Waals surface area contributed by atoms with Crippen molar-refractivity contribution in [2.75, 3.05) is 0 Å². The van der Waals surface area contributed by atoms with Gasteiger partial charge in [-0.15, -0.1) is 6.58 Å². The minimum atomic E-state index is -1.27. The molecule has 1 nitrogen and oxygen atoms in total. The van der Waals surface area contributed by atoms with Gasteiger partial charge in [0.1, 0.15) is 5.78 Å². The normalized spacial score (nSPS) is 11.3. The SMILES string of the molecule is C=C(CC(=O)CCC)[Si](C)(C)C. The van der Waals surface area contributed by atoms with Crippen LogP contribution < -0.4 is 0 Å². The second-order valence-electron chi connectivity index (χ2n) is 4.32. The molecular formula is C10H20OSi. The first-order valence-electron chi connectivity index (χ1n) is 4.58. The summed E-state index contributed by atoms with van der Waals surface area (Å²) in [6.45, 7) is 12.7. The predicted octanol–water partition coefficient (Wildman–Crippen LogP) is 3.18. The van der Waals surface area contributed by atoms with E-state index in [0.717, 1.165) is 6.42 Å². The van der Waals surface area contributed by atoms with Gasteiger partial charge in [0.15, 0.2) is 0 Å². The fourth-order valence-corrected chi connectivity index (χ4v) is 1.60. The Hall–Kier alpha value is -0.373. The monoisotopic (exact) mass is 184 g/mol. The van der Waals surface area contributed by atoms with E-state index < -0.39 is 8.07 Å². The molecule has 70 valence electrons. The van der Waals surface area contributed by atoms with Crippen molar-refractivity contribution in [3.63, 3.8) is 0 Å². The maximum absolute atomic E-state index is 11.3. The first-order valence-corrected chi connectivity index (χ1v) is 8.08. The number of carbonyl (C=O) groups excluding carboxylic acids is 1. The van der Waals surface area contributed by atoms with E-state index >= 15 is 0 Å². The van der Waals surface area contributed by atoms with E-state index in [-0.39, 0.29) is 0 Å². The summed E-state index contributed by atoms with van der Waals surface area (Å²) in [6, 6.07) is 0. The van der Waals surface area contributed by atoms with E-state index in [1.807, 2.05) is 6.92 Å². The Morgan fingerprint density at radius 2 is 1.83 bits per heavy atom. The van der Waals surface area contributed by atoms with Crippen LogP contribution in [0.3, 0.4) is 0 Å². The summed E-state index contributed by atoms with van der Waals surface area (Å²) in [5.41, 5.74) is 0. The Morgan fingerprint density at radius 3 is 2.17 bits per heavy atom. The Labute approximate surface area is 76.9 Å². The molecule has 0 rings (SSSR count). The molecule has 0 aromatic carbocycles. The van der Waals surface area contributed by atoms with Gasteiger partial charge in [0.05, 0.1) is 8.07 Å². The van der Waals surface area contributed by atoms with Crippen LogP contribution in [0.15, 0.2) is 11.8 Å². The number of rotatable bonds is 5. The van der Waals surface area contributed by atoms with Crippen LogP contribution in [0.2, 0.25) is 19.6 Å². The van der Waals surface area contributed by atoms with Gasteiger partial charge in [-0.25, -0.2) is 0 Å². The van der Waals surface area contributed by atoms with Crippen LogP contribution in [0, 0.1) is 0 Å². The molecule has 0 fully saturated rings. The Balaban J connectivity index is 3.94. The van der Waals surface area contributed by atoms with Gasteiger partial charge in [0.25, 0.3) is 0 Å². The zero-order valence-corrected chi connectivity index (χ0v) is 9.74. The largest absolute Gasteiger partial charge is 0.299 e. The predicted molar refractivity (Wildman–Crippen MR) is 57.0 cm³/mol. The number of ketones is 1. The van der Waals surface area contributed by atoms with Crippen LogP contribution in [0.4, 0.5) is 0 Å². The number of hydrogen-bond donors (Lipinski definition) is 0. The van der Waals surface area contributed by atoms with Gasteiger partial charge >= 0.3 is 0 Å². The maximum atomic E-state index is 11.3. The Bertz CT molecular complexity index is 177. The van der Waals surface area contributed by atoms with Crippen molar-refractivity contribution < 1.29 is 4.79 Å². The third-order valence-electron chi connectivity index (χ3n) is 2.00. The molecule has 0 atom stereocenters. The average Bonchev–Trinajstić information content (AvgIpc) is 1.85. The van der Waals surface area contributed by atoms with E-state index in [4.69, 9.17) is 0 Å². The minimum absolute atomic E-state index is 0.352. The van der Waals surface area contributed by atoms with Crippen molar-refractivity contribution in [1.29, 1.82) is 0 Å². The molecule has 0 amide bonds. The number of allylic oxidation sites excluding steroid dienone is 1. The molecule has 0 unspecified atom stereocenters. The van der Waals surface area contributed by atoms with Crippen LogP contribution >= 0.6 is 0 Å². The summed E-state index contributed by atoms with van der Waals surface area (Å²) in [5, 5.41) is 1.18. The number of Topliss-reactive ketones (excluding diaryl/α,β-unsaturated/α-hetero) is 1. The quantitative estimate of drug-likeness (QED) is 0.600. The number of hydrogen-bond acceptors (Lipinski definition) is 1. The molecule has 0 aliphatic rings. The van der Waals surface area contributed by atoms with Crippen molar-refractivity contribution in [3.05, 3.63) is 11.8 Å². The summed E-state index contributed by atoms with van der Waals surface area (Å²) in [4.78, 5) is 11.3. The lowest BCUT2D eigenvalue weighted by Gasteiger charge is -2.18. The first-order chi connectivity index (χ1) is 5.38. The molecule has 0 aliphatic carbocycles. The van der Waals surface area contributed by atoms with Crippen molar-refractivity contribution >= 4 is 13.9 Å². The minimum Gasteiger partial charge on any atom is -0.299 e. The summed E-state index contributed by atoms with van der Waals surface area (Å²) in [7, 11) is -1.27. The van der Waals surface area contributed by atoms with Crippen LogP contribution in [0.1, 0.15) is 26.2 Å². The smallest absolute Gasteiger partial charge is 0.136 e. The van der Waals surface area contributed by atoms with Crippen molar-refractivity contribution in [2.45, 2.75) is 45.8 Å². The summed E-state index contributed by atoms with van der Waals surface area (Å²) in [5.74, 6) is 0.352. The van der Waals surface area contributed by atoms with Gasteiger partial charge in [-0.2, -0.15) is 0 Å². The van der Waals surface area contributed by atoms with E-state index in [2.05, 4.69) is 26.2 Å². The lowest BCUT2D eigenvalue weighted by Crippen LogP contribution is -2.24. The Morgan fingerprint density at radius 1 is 1.33 bits per heavy atom. The zero-order valence-electron chi connectivity index (χ0n) is 8.74. The van der Waals surface area contributed by atoms with Gasteiger partial charge in [0, 0.05) is 12.8 Å². The fraction of sp³-hybridized carbons (Fsp3) is 0.700. The molecule has 0 heterocycles. The standard InChI is InChI=1S/C10H20OSi/c1-6-7-10(11)8-9(2)12(3,4)5/h2,6-8H2,1,3-5H3. The second kappa shape index (κ2) is 4.60. The first kappa shape index (κ1) is 11.6. The molecular weight excluding hydrogens is 164 g/mol. The van der Waals surface area contributed by atoms with Crippen molar-refractivity contribution in [3.8, 4) is 0 Å². The highest BCUT2D eigenvalue weighted by Gasteiger charge is 2.19. The molecule has 0 aromatic rings. The van der Waals surface area contributed by atoms with Crippen molar-refractivity contribution in [1.82, 2.24) is 0 Å². The number of carbonyl (C=O) groups is 1. The highest BCUT2D eigenvalue weighted by molar-refractivity contribution is 6.83. The highest BCUT2D eigenvalue weighted by atomic mass is 28.3. The highest BCUT2D eigenvalue weighted by Crippen LogP contribution is 2.16. The van der Waals surface area contributed by atoms with Crippen LogP contribution in [0.5, 0.6) is 0 Å². The lowest BCUT2D eigenvalue weighted by atomic mass is 10.2. The third-order valence-corrected chi connectivity index (χ3v) is 4.30. The molecule has 0 saturated heterocycles. The van der Waals surface area contributed by atoms with Gasteiger partial charge in [-0.05, 0) is 6.42 Å². The molecule has 0 bridgehead atoms. The van der Waals surface area contributed by atoms with Gasteiger partial charge in [0.2, 0.25) is 0 Å².